The van der Waals surface area contributed by atoms with Gasteiger partial charge in [-0.1, -0.05) is 0 Å². The average molecular weight is 321 g/mol. The summed E-state index contributed by atoms with van der Waals surface area (Å²) in [5.74, 6) is -0.211. The molecular formula is C17H23NO5. The highest BCUT2D eigenvalue weighted by atomic mass is 16.5. The molecule has 1 unspecified atom stereocenters. The van der Waals surface area contributed by atoms with Crippen LogP contribution in [0.5, 0.6) is 11.5 Å². The Morgan fingerprint density at radius 1 is 1.26 bits per heavy atom. The third kappa shape index (κ3) is 3.94. The van der Waals surface area contributed by atoms with Crippen molar-refractivity contribution in [1.82, 2.24) is 4.90 Å². The molecule has 0 bridgehead atoms. The molecule has 126 valence electrons. The summed E-state index contributed by atoms with van der Waals surface area (Å²) in [5, 5.41) is 9.31. The van der Waals surface area contributed by atoms with Crippen LogP contribution in [0.3, 0.4) is 0 Å². The lowest BCUT2D eigenvalue weighted by Crippen LogP contribution is -2.47. The van der Waals surface area contributed by atoms with Crippen LogP contribution in [0.1, 0.15) is 43.5 Å². The van der Waals surface area contributed by atoms with Crippen LogP contribution in [-0.4, -0.2) is 47.7 Å². The highest BCUT2D eigenvalue weighted by molar-refractivity contribution is 5.97. The SMILES string of the molecule is COc1cc(C(=O)N2CCCCC2C(=O)O)ccc1OC(C)C. The molecule has 23 heavy (non-hydrogen) atoms. The second-order valence-corrected chi connectivity index (χ2v) is 5.88. The van der Waals surface area contributed by atoms with E-state index >= 15 is 0 Å². The van der Waals surface area contributed by atoms with Crippen molar-refractivity contribution in [2.45, 2.75) is 45.3 Å². The van der Waals surface area contributed by atoms with E-state index in [0.29, 0.717) is 30.0 Å². The summed E-state index contributed by atoms with van der Waals surface area (Å²) < 4.78 is 10.9. The Morgan fingerprint density at radius 2 is 2.00 bits per heavy atom. The number of piperidine rings is 1. The second-order valence-electron chi connectivity index (χ2n) is 5.88. The molecule has 0 radical (unpaired) electrons. The van der Waals surface area contributed by atoms with Crippen molar-refractivity contribution in [2.24, 2.45) is 0 Å². The first kappa shape index (κ1) is 17.1. The molecule has 1 saturated heterocycles. The molecule has 1 aliphatic heterocycles. The number of ether oxygens (including phenoxy) is 2. The zero-order valence-electron chi connectivity index (χ0n) is 13.7. The van der Waals surface area contributed by atoms with Gasteiger partial charge in [0.2, 0.25) is 0 Å². The van der Waals surface area contributed by atoms with E-state index in [9.17, 15) is 14.7 Å². The van der Waals surface area contributed by atoms with Gasteiger partial charge in [0, 0.05) is 12.1 Å². The number of nitrogens with zero attached hydrogens (tertiary/aromatic N) is 1. The number of carbonyl (C=O) groups is 2. The highest BCUT2D eigenvalue weighted by Crippen LogP contribution is 2.30. The minimum Gasteiger partial charge on any atom is -0.493 e. The van der Waals surface area contributed by atoms with E-state index in [4.69, 9.17) is 9.47 Å². The molecule has 1 aromatic carbocycles. The normalized spacial score (nSPS) is 17.9. The molecule has 0 spiro atoms. The molecule has 0 aromatic heterocycles. The van der Waals surface area contributed by atoms with Gasteiger partial charge in [0.05, 0.1) is 13.2 Å². The van der Waals surface area contributed by atoms with E-state index in [1.807, 2.05) is 13.8 Å². The molecule has 2 rings (SSSR count). The van der Waals surface area contributed by atoms with Crippen molar-refractivity contribution in [2.75, 3.05) is 13.7 Å². The molecule has 1 amide bonds. The average Bonchev–Trinajstić information content (AvgIpc) is 2.54. The molecular weight excluding hydrogens is 298 g/mol. The highest BCUT2D eigenvalue weighted by Gasteiger charge is 2.32. The molecule has 1 fully saturated rings. The molecule has 1 N–H and O–H groups in total. The summed E-state index contributed by atoms with van der Waals surface area (Å²) in [4.78, 5) is 25.5. The van der Waals surface area contributed by atoms with Gasteiger partial charge in [0.1, 0.15) is 6.04 Å². The van der Waals surface area contributed by atoms with Gasteiger partial charge in [-0.2, -0.15) is 0 Å². The Bertz CT molecular complexity index is 584. The van der Waals surface area contributed by atoms with E-state index in [0.717, 1.165) is 12.8 Å². The number of hydrogen-bond donors (Lipinski definition) is 1. The fraction of sp³-hybridized carbons (Fsp3) is 0.529. The molecule has 0 saturated carbocycles. The van der Waals surface area contributed by atoms with Crippen LogP contribution in [0.25, 0.3) is 0 Å². The predicted octanol–water partition coefficient (Wildman–Crippen LogP) is 2.56. The lowest BCUT2D eigenvalue weighted by Gasteiger charge is -2.33. The molecule has 1 aromatic rings. The van der Waals surface area contributed by atoms with Crippen LogP contribution >= 0.6 is 0 Å². The van der Waals surface area contributed by atoms with Gasteiger partial charge < -0.3 is 19.5 Å². The summed E-state index contributed by atoms with van der Waals surface area (Å²) in [7, 11) is 1.51. The zero-order valence-corrected chi connectivity index (χ0v) is 13.7. The maximum atomic E-state index is 12.7. The topological polar surface area (TPSA) is 76.1 Å². The Kier molecular flexibility index (Phi) is 5.47. The number of carboxylic acids is 1. The fourth-order valence-corrected chi connectivity index (χ4v) is 2.75. The van der Waals surface area contributed by atoms with E-state index in [2.05, 4.69) is 0 Å². The van der Waals surface area contributed by atoms with Crippen molar-refractivity contribution in [1.29, 1.82) is 0 Å². The smallest absolute Gasteiger partial charge is 0.326 e. The standard InChI is InChI=1S/C17H23NO5/c1-11(2)23-14-8-7-12(10-15(14)22-3)16(19)18-9-5-4-6-13(18)17(20)21/h7-8,10-11,13H,4-6,9H2,1-3H3,(H,20,21). The number of carbonyl (C=O) groups excluding carboxylic acids is 1. The van der Waals surface area contributed by atoms with Crippen molar-refractivity contribution in [3.05, 3.63) is 23.8 Å². The summed E-state index contributed by atoms with van der Waals surface area (Å²) in [5.41, 5.74) is 0.408. The lowest BCUT2D eigenvalue weighted by atomic mass is 10.0. The first-order valence-corrected chi connectivity index (χ1v) is 7.82. The number of aliphatic carboxylic acids is 1. The van der Waals surface area contributed by atoms with E-state index in [-0.39, 0.29) is 12.0 Å². The molecule has 6 heteroatoms. The van der Waals surface area contributed by atoms with Gasteiger partial charge in [-0.05, 0) is 51.3 Å². The monoisotopic (exact) mass is 321 g/mol. The minimum absolute atomic E-state index is 0.0102. The van der Waals surface area contributed by atoms with Gasteiger partial charge in [-0.3, -0.25) is 4.79 Å². The largest absolute Gasteiger partial charge is 0.493 e. The third-order valence-corrected chi connectivity index (χ3v) is 3.82. The minimum atomic E-state index is -0.954. The van der Waals surface area contributed by atoms with E-state index in [1.165, 1.54) is 12.0 Å². The lowest BCUT2D eigenvalue weighted by molar-refractivity contribution is -0.143. The fourth-order valence-electron chi connectivity index (χ4n) is 2.75. The van der Waals surface area contributed by atoms with Gasteiger partial charge in [0.25, 0.3) is 5.91 Å². The Hall–Kier alpha value is -2.24. The van der Waals surface area contributed by atoms with Gasteiger partial charge in [-0.25, -0.2) is 4.79 Å². The van der Waals surface area contributed by atoms with Gasteiger partial charge >= 0.3 is 5.97 Å². The van der Waals surface area contributed by atoms with Gasteiger partial charge in [-0.15, -0.1) is 0 Å². The molecule has 6 nitrogen and oxygen atoms in total. The number of rotatable bonds is 5. The molecule has 1 heterocycles. The van der Waals surface area contributed by atoms with Crippen molar-refractivity contribution in [3.8, 4) is 11.5 Å². The maximum absolute atomic E-state index is 12.7. The first-order valence-electron chi connectivity index (χ1n) is 7.82. The van der Waals surface area contributed by atoms with Crippen LogP contribution < -0.4 is 9.47 Å². The number of hydrogen-bond acceptors (Lipinski definition) is 4. The van der Waals surface area contributed by atoms with Crippen molar-refractivity contribution < 1.29 is 24.2 Å². The maximum Gasteiger partial charge on any atom is 0.326 e. The number of amides is 1. The summed E-state index contributed by atoms with van der Waals surface area (Å²) in [6, 6.07) is 4.18. The van der Waals surface area contributed by atoms with Crippen LogP contribution in [-0.2, 0) is 4.79 Å². The molecule has 1 atom stereocenters. The molecule has 0 aliphatic carbocycles. The van der Waals surface area contributed by atoms with Crippen LogP contribution in [0, 0.1) is 0 Å². The summed E-state index contributed by atoms with van der Waals surface area (Å²) in [6.07, 6.45) is 2.13. The van der Waals surface area contributed by atoms with Gasteiger partial charge in [0.15, 0.2) is 11.5 Å². The molecule has 1 aliphatic rings. The van der Waals surface area contributed by atoms with Crippen LogP contribution in [0.15, 0.2) is 18.2 Å². The van der Waals surface area contributed by atoms with Crippen molar-refractivity contribution >= 4 is 11.9 Å². The first-order chi connectivity index (χ1) is 10.9. The van der Waals surface area contributed by atoms with Crippen LogP contribution in [0.4, 0.5) is 0 Å². The van der Waals surface area contributed by atoms with E-state index < -0.39 is 12.0 Å². The van der Waals surface area contributed by atoms with E-state index in [1.54, 1.807) is 18.2 Å². The Morgan fingerprint density at radius 3 is 2.61 bits per heavy atom. The number of benzene rings is 1. The van der Waals surface area contributed by atoms with Crippen molar-refractivity contribution in [3.63, 3.8) is 0 Å². The third-order valence-electron chi connectivity index (χ3n) is 3.82. The van der Waals surface area contributed by atoms with Crippen LogP contribution in [0.2, 0.25) is 0 Å². The zero-order chi connectivity index (χ0) is 17.0. The summed E-state index contributed by atoms with van der Waals surface area (Å²) in [6.45, 7) is 4.27. The summed E-state index contributed by atoms with van der Waals surface area (Å²) >= 11 is 0. The number of carboxylic acid groups (broad SMARTS) is 1. The number of methoxy groups -OCH3 is 1. The predicted molar refractivity (Wildman–Crippen MR) is 85.1 cm³/mol. The Labute approximate surface area is 136 Å². The second kappa shape index (κ2) is 7.35. The Balaban J connectivity index is 2.26. The number of likely N-dealkylation sites (tertiary alicyclic amines) is 1. The quantitative estimate of drug-likeness (QED) is 0.902.